The Morgan fingerprint density at radius 2 is 1.75 bits per heavy atom. The molecule has 0 aromatic heterocycles. The topological polar surface area (TPSA) is 50.8 Å². The fraction of sp³-hybridized carbons (Fsp3) is 0.278. The van der Waals surface area contributed by atoms with E-state index in [0.29, 0.717) is 5.75 Å². The molecule has 2 aromatic rings. The molecule has 6 heteroatoms. The zero-order valence-electron chi connectivity index (χ0n) is 13.2. The number of amides is 1. The fourth-order valence-corrected chi connectivity index (χ4v) is 2.72. The Kier molecular flexibility index (Phi) is 5.72. The normalized spacial score (nSPS) is 14.3. The fourth-order valence-electron chi connectivity index (χ4n) is 2.45. The summed E-state index contributed by atoms with van der Waals surface area (Å²) in [7, 11) is 0. The Labute approximate surface area is 149 Å². The highest BCUT2D eigenvalue weighted by Gasteiger charge is 2.11. The van der Waals surface area contributed by atoms with Crippen molar-refractivity contribution in [2.24, 2.45) is 0 Å². The van der Waals surface area contributed by atoms with Crippen molar-refractivity contribution in [2.75, 3.05) is 43.1 Å². The molecule has 126 valence electrons. The minimum Gasteiger partial charge on any atom is -0.484 e. The molecule has 0 saturated carbocycles. The molecule has 0 bridgehead atoms. The molecule has 0 radical (unpaired) electrons. The van der Waals surface area contributed by atoms with E-state index in [4.69, 9.17) is 9.47 Å². The van der Waals surface area contributed by atoms with E-state index >= 15 is 0 Å². The van der Waals surface area contributed by atoms with Crippen LogP contribution in [0.3, 0.4) is 0 Å². The molecule has 0 unspecified atom stereocenters. The predicted octanol–water partition coefficient (Wildman–Crippen LogP) is 3.30. The van der Waals surface area contributed by atoms with Crippen LogP contribution in [-0.2, 0) is 9.53 Å². The maximum Gasteiger partial charge on any atom is 0.262 e. The Hall–Kier alpha value is -2.05. The van der Waals surface area contributed by atoms with Crippen molar-refractivity contribution < 1.29 is 14.3 Å². The maximum atomic E-state index is 12.0. The number of benzene rings is 2. The molecule has 0 spiro atoms. The molecule has 1 heterocycles. The Morgan fingerprint density at radius 3 is 2.42 bits per heavy atom. The van der Waals surface area contributed by atoms with Gasteiger partial charge in [0.1, 0.15) is 5.75 Å². The van der Waals surface area contributed by atoms with E-state index in [1.54, 1.807) is 0 Å². The van der Waals surface area contributed by atoms with E-state index in [9.17, 15) is 4.79 Å². The van der Waals surface area contributed by atoms with Crippen LogP contribution in [0.25, 0.3) is 0 Å². The minimum absolute atomic E-state index is 0.0210. The van der Waals surface area contributed by atoms with Crippen LogP contribution in [0.5, 0.6) is 5.75 Å². The molecule has 0 atom stereocenters. The van der Waals surface area contributed by atoms with Crippen molar-refractivity contribution in [3.63, 3.8) is 0 Å². The van der Waals surface area contributed by atoms with E-state index in [2.05, 4.69) is 26.1 Å². The Balaban J connectivity index is 1.49. The summed E-state index contributed by atoms with van der Waals surface area (Å²) in [6.07, 6.45) is 0. The van der Waals surface area contributed by atoms with Crippen LogP contribution in [0.1, 0.15) is 0 Å². The zero-order valence-corrected chi connectivity index (χ0v) is 14.8. The first kappa shape index (κ1) is 16.8. The molecule has 1 aliphatic rings. The third-order valence-corrected chi connectivity index (χ3v) is 4.24. The second-order valence-corrected chi connectivity index (χ2v) is 6.35. The maximum absolute atomic E-state index is 12.0. The first-order chi connectivity index (χ1) is 11.7. The van der Waals surface area contributed by atoms with Gasteiger partial charge in [0.05, 0.1) is 13.2 Å². The molecule has 5 nitrogen and oxygen atoms in total. The summed E-state index contributed by atoms with van der Waals surface area (Å²) >= 11 is 3.36. The number of anilines is 2. The van der Waals surface area contributed by atoms with Crippen molar-refractivity contribution in [3.8, 4) is 5.75 Å². The molecule has 0 aliphatic carbocycles. The first-order valence-electron chi connectivity index (χ1n) is 7.82. The van der Waals surface area contributed by atoms with Crippen molar-refractivity contribution in [2.45, 2.75) is 0 Å². The number of nitrogens with zero attached hydrogens (tertiary/aromatic N) is 1. The van der Waals surface area contributed by atoms with Gasteiger partial charge in [-0.15, -0.1) is 0 Å². The Bertz CT molecular complexity index is 668. The highest BCUT2D eigenvalue weighted by atomic mass is 79.9. The smallest absolute Gasteiger partial charge is 0.262 e. The van der Waals surface area contributed by atoms with Crippen LogP contribution < -0.4 is 15.0 Å². The molecule has 1 fully saturated rings. The van der Waals surface area contributed by atoms with E-state index in [0.717, 1.165) is 42.2 Å². The summed E-state index contributed by atoms with van der Waals surface area (Å²) < 4.78 is 11.8. The molecule has 2 aromatic carbocycles. The highest BCUT2D eigenvalue weighted by molar-refractivity contribution is 9.10. The van der Waals surface area contributed by atoms with E-state index in [1.165, 1.54) is 0 Å². The molecule has 24 heavy (non-hydrogen) atoms. The number of hydrogen-bond donors (Lipinski definition) is 1. The molecular formula is C18H19BrN2O3. The van der Waals surface area contributed by atoms with Gasteiger partial charge in [-0.1, -0.05) is 15.9 Å². The van der Waals surface area contributed by atoms with Crippen LogP contribution in [0, 0.1) is 0 Å². The van der Waals surface area contributed by atoms with Crippen LogP contribution in [0.15, 0.2) is 53.0 Å². The second kappa shape index (κ2) is 8.17. The quantitative estimate of drug-likeness (QED) is 0.850. The summed E-state index contributed by atoms with van der Waals surface area (Å²) in [5.41, 5.74) is 1.90. The average Bonchev–Trinajstić information content (AvgIpc) is 2.63. The van der Waals surface area contributed by atoms with Gasteiger partial charge in [0, 0.05) is 28.9 Å². The molecule has 1 N–H and O–H groups in total. The largest absolute Gasteiger partial charge is 0.484 e. The average molecular weight is 391 g/mol. The van der Waals surface area contributed by atoms with E-state index in [1.807, 2.05) is 48.5 Å². The number of nitrogens with one attached hydrogen (secondary N) is 1. The van der Waals surface area contributed by atoms with Crippen molar-refractivity contribution >= 4 is 33.2 Å². The second-order valence-electron chi connectivity index (χ2n) is 5.44. The SMILES string of the molecule is O=C(COc1ccc(Br)cc1)Nc1ccc(N2CCOCC2)cc1. The van der Waals surface area contributed by atoms with Gasteiger partial charge in [0.15, 0.2) is 6.61 Å². The van der Waals surface area contributed by atoms with Gasteiger partial charge in [-0.25, -0.2) is 0 Å². The number of carbonyl (C=O) groups excluding carboxylic acids is 1. The van der Waals surface area contributed by atoms with Gasteiger partial charge >= 0.3 is 0 Å². The molecule has 3 rings (SSSR count). The minimum atomic E-state index is -0.183. The van der Waals surface area contributed by atoms with Crippen molar-refractivity contribution in [1.82, 2.24) is 0 Å². The van der Waals surface area contributed by atoms with Gasteiger partial charge in [-0.2, -0.15) is 0 Å². The van der Waals surface area contributed by atoms with Crippen LogP contribution in [0.4, 0.5) is 11.4 Å². The number of hydrogen-bond acceptors (Lipinski definition) is 4. The standard InChI is InChI=1S/C18H19BrN2O3/c19-14-1-7-17(8-2-14)24-13-18(22)20-15-3-5-16(6-4-15)21-9-11-23-12-10-21/h1-8H,9-13H2,(H,20,22). The van der Waals surface area contributed by atoms with Crippen molar-refractivity contribution in [3.05, 3.63) is 53.0 Å². The summed E-state index contributed by atoms with van der Waals surface area (Å²) in [6, 6.07) is 15.2. The molecular weight excluding hydrogens is 372 g/mol. The summed E-state index contributed by atoms with van der Waals surface area (Å²) in [5, 5.41) is 2.84. The van der Waals surface area contributed by atoms with Crippen LogP contribution in [-0.4, -0.2) is 38.8 Å². The van der Waals surface area contributed by atoms with Crippen LogP contribution >= 0.6 is 15.9 Å². The monoisotopic (exact) mass is 390 g/mol. The van der Waals surface area contributed by atoms with Gasteiger partial charge in [-0.05, 0) is 48.5 Å². The van der Waals surface area contributed by atoms with Gasteiger partial charge in [0.25, 0.3) is 5.91 Å². The van der Waals surface area contributed by atoms with Gasteiger partial charge < -0.3 is 19.7 Å². The lowest BCUT2D eigenvalue weighted by Gasteiger charge is -2.28. The third-order valence-electron chi connectivity index (χ3n) is 3.71. The van der Waals surface area contributed by atoms with Crippen LogP contribution in [0.2, 0.25) is 0 Å². The summed E-state index contributed by atoms with van der Waals surface area (Å²) in [6.45, 7) is 3.28. The lowest BCUT2D eigenvalue weighted by molar-refractivity contribution is -0.118. The first-order valence-corrected chi connectivity index (χ1v) is 8.61. The highest BCUT2D eigenvalue weighted by Crippen LogP contribution is 2.19. The number of carbonyl (C=O) groups is 1. The van der Waals surface area contributed by atoms with Crippen molar-refractivity contribution in [1.29, 1.82) is 0 Å². The Morgan fingerprint density at radius 1 is 1.08 bits per heavy atom. The van der Waals surface area contributed by atoms with Gasteiger partial charge in [0.2, 0.25) is 0 Å². The lowest BCUT2D eigenvalue weighted by Crippen LogP contribution is -2.36. The molecule has 1 saturated heterocycles. The lowest BCUT2D eigenvalue weighted by atomic mass is 10.2. The molecule has 1 amide bonds. The zero-order chi connectivity index (χ0) is 16.8. The molecule has 1 aliphatic heterocycles. The van der Waals surface area contributed by atoms with E-state index < -0.39 is 0 Å². The number of morpholine rings is 1. The number of ether oxygens (including phenoxy) is 2. The van der Waals surface area contributed by atoms with Gasteiger partial charge in [-0.3, -0.25) is 4.79 Å². The predicted molar refractivity (Wildman–Crippen MR) is 97.7 cm³/mol. The number of halogens is 1. The number of rotatable bonds is 5. The summed E-state index contributed by atoms with van der Waals surface area (Å²) in [5.74, 6) is 0.480. The van der Waals surface area contributed by atoms with E-state index in [-0.39, 0.29) is 12.5 Å². The third kappa shape index (κ3) is 4.72. The summed E-state index contributed by atoms with van der Waals surface area (Å²) in [4.78, 5) is 14.2.